The van der Waals surface area contributed by atoms with Crippen molar-refractivity contribution in [3.63, 3.8) is 0 Å². The predicted molar refractivity (Wildman–Crippen MR) is 192 cm³/mol. The number of rotatable bonds is 8. The molecule has 14 nitrogen and oxygen atoms in total. The van der Waals surface area contributed by atoms with Gasteiger partial charge in [-0.15, -0.1) is 11.8 Å². The third kappa shape index (κ3) is 10.3. The van der Waals surface area contributed by atoms with Crippen LogP contribution in [0, 0.1) is 0 Å². The lowest BCUT2D eigenvalue weighted by molar-refractivity contribution is -0.671. The average molecular weight is 765 g/mol. The number of alkyl carbamates (subject to hydrolysis) is 1. The molecule has 0 spiro atoms. The molecule has 3 aliphatic heterocycles. The predicted octanol–water partition coefficient (Wildman–Crippen LogP) is 3.57. The molecule has 2 atom stereocenters. The van der Waals surface area contributed by atoms with Crippen molar-refractivity contribution in [2.24, 2.45) is 7.05 Å². The molecule has 2 saturated heterocycles. The average Bonchev–Trinajstić information content (AvgIpc) is 3.43. The maximum atomic E-state index is 14.3. The van der Waals surface area contributed by atoms with Crippen molar-refractivity contribution >= 4 is 46.0 Å². The second kappa shape index (κ2) is 16.3. The second-order valence-corrected chi connectivity index (χ2v) is 15.4. The summed E-state index contributed by atoms with van der Waals surface area (Å²) in [6.07, 6.45) is 4.69. The van der Waals surface area contributed by atoms with Crippen LogP contribution < -0.4 is 9.88 Å². The number of allylic oxidation sites excluding steroid dienone is 1. The first-order valence-electron chi connectivity index (χ1n) is 16.6. The Morgan fingerprint density at radius 2 is 1.60 bits per heavy atom. The molecule has 6 rings (SSSR count). The van der Waals surface area contributed by atoms with Crippen LogP contribution in [-0.2, 0) is 47.8 Å². The molecule has 0 radical (unpaired) electrons. The molecule has 2 fully saturated rings. The van der Waals surface area contributed by atoms with E-state index in [9.17, 15) is 19.2 Å². The van der Waals surface area contributed by atoms with E-state index in [1.54, 1.807) is 31.7 Å². The van der Waals surface area contributed by atoms with Crippen molar-refractivity contribution in [3.8, 4) is 0 Å². The summed E-state index contributed by atoms with van der Waals surface area (Å²) in [6.45, 7) is 6.25. The summed E-state index contributed by atoms with van der Waals surface area (Å²) >= 11 is 1.41. The zero-order chi connectivity index (χ0) is 38.5. The summed E-state index contributed by atoms with van der Waals surface area (Å²) in [5.74, 6) is -0.915. The van der Waals surface area contributed by atoms with Gasteiger partial charge >= 0.3 is 12.1 Å². The van der Waals surface area contributed by atoms with Gasteiger partial charge in [-0.25, -0.2) is 22.6 Å². The molecule has 53 heavy (non-hydrogen) atoms. The first-order valence-corrected chi connectivity index (χ1v) is 19.0. The summed E-state index contributed by atoms with van der Waals surface area (Å²) in [5, 5.41) is 2.13. The Bertz CT molecular complexity index is 1970. The number of esters is 1. The fourth-order valence-corrected chi connectivity index (χ4v) is 7.25. The van der Waals surface area contributed by atoms with Gasteiger partial charge in [-0.3, -0.25) is 19.0 Å². The third-order valence-corrected chi connectivity index (χ3v) is 9.58. The number of nitrogens with zero attached hydrogens (tertiary/aromatic N) is 3. The van der Waals surface area contributed by atoms with E-state index < -0.39 is 51.5 Å². The monoisotopic (exact) mass is 764 g/mol. The quantitative estimate of drug-likeness (QED) is 0.0853. The van der Waals surface area contributed by atoms with Gasteiger partial charge in [0.05, 0.1) is 0 Å². The number of aromatic nitrogens is 1. The van der Waals surface area contributed by atoms with Crippen LogP contribution in [0.5, 0.6) is 0 Å². The number of thioether (sulfide) groups is 1. The molecule has 4 heterocycles. The minimum atomic E-state index is -4.92. The Morgan fingerprint density at radius 3 is 2.15 bits per heavy atom. The molecule has 3 aliphatic rings. The molecule has 2 unspecified atom stereocenters. The Kier molecular flexibility index (Phi) is 12.1. The van der Waals surface area contributed by atoms with Gasteiger partial charge in [0.1, 0.15) is 29.8 Å². The summed E-state index contributed by atoms with van der Waals surface area (Å²) in [5.41, 5.74) is 3.00. The van der Waals surface area contributed by atoms with Gasteiger partial charge in [-0.1, -0.05) is 60.7 Å². The number of hydrogen-bond acceptors (Lipinski definition) is 10. The zero-order valence-corrected chi connectivity index (χ0v) is 31.1. The smallest absolute Gasteiger partial charge is 0.408 e. The lowest BCUT2D eigenvalue weighted by Gasteiger charge is -2.49. The lowest BCUT2D eigenvalue weighted by Crippen LogP contribution is -2.70. The number of fused-ring (bicyclic) bond motifs is 1. The number of pyridine rings is 1. The van der Waals surface area contributed by atoms with Crippen LogP contribution in [0.3, 0.4) is 0 Å². The van der Waals surface area contributed by atoms with Crippen LogP contribution in [0.25, 0.3) is 0 Å². The molecule has 2 N–H and O–H groups in total. The van der Waals surface area contributed by atoms with Crippen LogP contribution in [0.2, 0.25) is 0 Å². The van der Waals surface area contributed by atoms with Crippen molar-refractivity contribution in [1.29, 1.82) is 0 Å². The van der Waals surface area contributed by atoms with Gasteiger partial charge in [0.25, 0.3) is 5.91 Å². The summed E-state index contributed by atoms with van der Waals surface area (Å²) in [4.78, 5) is 57.3. The number of ether oxygens (including phenoxy) is 2. The van der Waals surface area contributed by atoms with Crippen LogP contribution in [-0.4, -0.2) is 80.5 Å². The number of likely N-dealkylation sites (tertiary alicyclic amines) is 1. The van der Waals surface area contributed by atoms with Crippen LogP contribution in [0.1, 0.15) is 50.0 Å². The summed E-state index contributed by atoms with van der Waals surface area (Å²) < 4.78 is 46.4. The van der Waals surface area contributed by atoms with E-state index in [1.807, 2.05) is 96.8 Å². The molecule has 280 valence electrons. The number of β-lactam (4-membered cyclic amide) rings is 1. The van der Waals surface area contributed by atoms with E-state index >= 15 is 0 Å². The topological polar surface area (TPSA) is 187 Å². The fourth-order valence-electron chi connectivity index (χ4n) is 5.94. The summed E-state index contributed by atoms with van der Waals surface area (Å²) in [6, 6.07) is 21.9. The highest BCUT2D eigenvalue weighted by Gasteiger charge is 2.55. The van der Waals surface area contributed by atoms with Gasteiger partial charge in [-0.2, -0.15) is 0 Å². The van der Waals surface area contributed by atoms with Crippen LogP contribution >= 0.6 is 11.8 Å². The van der Waals surface area contributed by atoms with E-state index in [1.165, 1.54) is 16.7 Å². The molecule has 3 amide bonds. The Labute approximate surface area is 312 Å². The second-order valence-electron chi connectivity index (χ2n) is 13.5. The highest BCUT2D eigenvalue weighted by molar-refractivity contribution is 8.00. The first kappa shape index (κ1) is 39.2. The molecule has 1 aromatic heterocycles. The normalized spacial score (nSPS) is 19.3. The first-order chi connectivity index (χ1) is 25.0. The van der Waals surface area contributed by atoms with Crippen molar-refractivity contribution in [3.05, 3.63) is 125 Å². The Morgan fingerprint density at radius 1 is 1.04 bits per heavy atom. The number of aryl methyl sites for hydroxylation is 1. The largest absolute Gasteiger partial charge is 0.726 e. The van der Waals surface area contributed by atoms with Gasteiger partial charge in [0.2, 0.25) is 16.3 Å². The molecule has 0 bridgehead atoms. The third-order valence-electron chi connectivity index (χ3n) is 8.28. The standard InChI is InChI=1S/C37H38N4O6S.H2O4S/c1-37(2,3)47-36(45)38-29-33(43)41-30(35(44)46-31(25-11-7-5-8-12-25)26-13-9-6-10-14-26)28(23-48-34(29)41)21-27-17-20-40(32(27)42)22-24-15-18-39(4)19-16-24;1-5(2,3)4/h5-16,18-19,21,29,31,34H,17,20,22-23H2,1-4H3;(H2,1,2,3,4). The van der Waals surface area contributed by atoms with Crippen LogP contribution in [0.15, 0.2) is 108 Å². The Balaban J connectivity index is 0.00000101. The Hall–Kier alpha value is -5.03. The van der Waals surface area contributed by atoms with Crippen molar-refractivity contribution in [1.82, 2.24) is 15.1 Å². The molecule has 0 aliphatic carbocycles. The van der Waals surface area contributed by atoms with Gasteiger partial charge in [0.15, 0.2) is 18.5 Å². The maximum Gasteiger partial charge on any atom is 0.408 e. The number of carbonyl (C=O) groups excluding carboxylic acids is 4. The van der Waals surface area contributed by atoms with E-state index in [0.29, 0.717) is 36.4 Å². The number of benzene rings is 2. The van der Waals surface area contributed by atoms with E-state index in [0.717, 1.165) is 16.7 Å². The van der Waals surface area contributed by atoms with E-state index in [2.05, 4.69) is 5.32 Å². The van der Waals surface area contributed by atoms with Gasteiger partial charge in [0, 0.05) is 36.5 Å². The molecule has 0 saturated carbocycles. The maximum absolute atomic E-state index is 14.3. The van der Waals surface area contributed by atoms with E-state index in [4.69, 9.17) is 27.0 Å². The van der Waals surface area contributed by atoms with Crippen molar-refractivity contribution in [2.75, 3.05) is 12.3 Å². The molecule has 16 heteroatoms. The molecule has 3 aromatic rings. The number of amides is 3. The molecule has 2 aromatic carbocycles. The van der Waals surface area contributed by atoms with E-state index in [-0.39, 0.29) is 11.6 Å². The lowest BCUT2D eigenvalue weighted by atomic mass is 10.00. The number of carbonyl (C=O) groups is 4. The summed E-state index contributed by atoms with van der Waals surface area (Å²) in [7, 11) is -2.98. The number of hydrogen-bond donors (Lipinski definition) is 2. The molecular weight excluding hydrogens is 725 g/mol. The SMILES string of the molecule is C[n+]1ccc(CN2CCC(=CC3=C(C(=O)OC(c4ccccc4)c4ccccc4)N4C(=O)C(NC(=O)OC(C)(C)C)C4SC3)C2=O)cc1.O=S(=O)([O-])O. The van der Waals surface area contributed by atoms with Gasteiger partial charge < -0.3 is 24.2 Å². The zero-order valence-electron chi connectivity index (χ0n) is 29.5. The molecular formula is C37H40N4O10S2. The van der Waals surface area contributed by atoms with Crippen LogP contribution in [0.4, 0.5) is 4.79 Å². The highest BCUT2D eigenvalue weighted by atomic mass is 32.3. The van der Waals surface area contributed by atoms with Crippen molar-refractivity contribution in [2.45, 2.75) is 56.9 Å². The highest BCUT2D eigenvalue weighted by Crippen LogP contribution is 2.42. The number of nitrogens with one attached hydrogen (secondary N) is 1. The van der Waals surface area contributed by atoms with Crippen molar-refractivity contribution < 1.29 is 50.7 Å². The minimum Gasteiger partial charge on any atom is -0.726 e. The van der Waals surface area contributed by atoms with Gasteiger partial charge in [-0.05, 0) is 55.5 Å². The fraction of sp³-hybridized carbons (Fsp3) is 0.324. The minimum absolute atomic E-state index is 0.0807.